The Hall–Kier alpha value is -2.82. The summed E-state index contributed by atoms with van der Waals surface area (Å²) in [6.45, 7) is 5.61. The van der Waals surface area contributed by atoms with E-state index >= 15 is 0 Å². The van der Waals surface area contributed by atoms with E-state index in [2.05, 4.69) is 10.6 Å². The van der Waals surface area contributed by atoms with Crippen molar-refractivity contribution >= 4 is 23.2 Å². The summed E-state index contributed by atoms with van der Waals surface area (Å²) in [5, 5.41) is 6.04. The van der Waals surface area contributed by atoms with E-state index in [0.29, 0.717) is 11.3 Å². The van der Waals surface area contributed by atoms with Crippen molar-refractivity contribution in [1.29, 1.82) is 0 Å². The molecular formula is C21H25N3O2. The van der Waals surface area contributed by atoms with Crippen LogP contribution < -0.4 is 10.6 Å². The van der Waals surface area contributed by atoms with Crippen molar-refractivity contribution in [3.8, 4) is 0 Å². The van der Waals surface area contributed by atoms with Crippen molar-refractivity contribution < 1.29 is 9.59 Å². The fourth-order valence-electron chi connectivity index (χ4n) is 3.26. The number of aryl methyl sites for hydroxylation is 2. The zero-order valence-electron chi connectivity index (χ0n) is 15.3. The fraction of sp³-hybridized carbons (Fsp3) is 0.333. The highest BCUT2D eigenvalue weighted by Crippen LogP contribution is 2.23. The van der Waals surface area contributed by atoms with Crippen molar-refractivity contribution in [3.63, 3.8) is 0 Å². The van der Waals surface area contributed by atoms with E-state index in [-0.39, 0.29) is 18.4 Å². The third-order valence-corrected chi connectivity index (χ3v) is 4.74. The van der Waals surface area contributed by atoms with E-state index in [4.69, 9.17) is 0 Å². The lowest BCUT2D eigenvalue weighted by Crippen LogP contribution is -2.30. The van der Waals surface area contributed by atoms with Crippen LogP contribution in [0.25, 0.3) is 0 Å². The number of carbonyl (C=O) groups excluding carboxylic acids is 2. The first-order chi connectivity index (χ1) is 12.6. The number of rotatable bonds is 5. The second-order valence-corrected chi connectivity index (χ2v) is 6.71. The highest BCUT2D eigenvalue weighted by Gasteiger charge is 2.23. The largest absolute Gasteiger partial charge is 0.375 e. The van der Waals surface area contributed by atoms with E-state index in [0.717, 1.165) is 42.7 Å². The summed E-state index contributed by atoms with van der Waals surface area (Å²) in [6.07, 6.45) is 2.11. The first-order valence-corrected chi connectivity index (χ1v) is 9.04. The number of likely N-dealkylation sites (tertiary alicyclic amines) is 1. The van der Waals surface area contributed by atoms with Crippen LogP contribution in [-0.4, -0.2) is 36.3 Å². The fourth-order valence-corrected chi connectivity index (χ4v) is 3.26. The standard InChI is InChI=1S/C21H25N3O2/c1-15-8-3-4-10-17(15)23-19(25)14-22-18-11-7-9-16(2)20(18)21(26)24-12-5-6-13-24/h3-4,7-11,22H,5-6,12-14H2,1-2H3,(H,23,25). The zero-order chi connectivity index (χ0) is 18.5. The van der Waals surface area contributed by atoms with Gasteiger partial charge in [-0.1, -0.05) is 30.3 Å². The van der Waals surface area contributed by atoms with Gasteiger partial charge in [0.15, 0.2) is 0 Å². The number of benzene rings is 2. The van der Waals surface area contributed by atoms with Gasteiger partial charge < -0.3 is 15.5 Å². The van der Waals surface area contributed by atoms with Gasteiger partial charge in [0.25, 0.3) is 5.91 Å². The first kappa shape index (κ1) is 18.0. The van der Waals surface area contributed by atoms with E-state index in [1.165, 1.54) is 0 Å². The lowest BCUT2D eigenvalue weighted by Gasteiger charge is -2.20. The summed E-state index contributed by atoms with van der Waals surface area (Å²) >= 11 is 0. The number of para-hydroxylation sites is 1. The third kappa shape index (κ3) is 4.04. The Morgan fingerprint density at radius 3 is 2.31 bits per heavy atom. The predicted molar refractivity (Wildman–Crippen MR) is 105 cm³/mol. The maximum Gasteiger partial charge on any atom is 0.256 e. The molecule has 0 bridgehead atoms. The van der Waals surface area contributed by atoms with E-state index in [1.807, 2.05) is 61.2 Å². The number of amides is 2. The average Bonchev–Trinajstić information content (AvgIpc) is 3.16. The van der Waals surface area contributed by atoms with Crippen LogP contribution >= 0.6 is 0 Å². The Morgan fingerprint density at radius 1 is 0.923 bits per heavy atom. The summed E-state index contributed by atoms with van der Waals surface area (Å²) in [5.41, 5.74) is 4.12. The highest BCUT2D eigenvalue weighted by molar-refractivity contribution is 6.02. The molecule has 2 aromatic rings. The molecule has 0 spiro atoms. The molecule has 0 unspecified atom stereocenters. The zero-order valence-corrected chi connectivity index (χ0v) is 15.3. The van der Waals surface area contributed by atoms with Gasteiger partial charge in [0.05, 0.1) is 12.1 Å². The van der Waals surface area contributed by atoms with Gasteiger partial charge in [-0.3, -0.25) is 9.59 Å². The molecule has 0 atom stereocenters. The van der Waals surface area contributed by atoms with Crippen LogP contribution in [0.4, 0.5) is 11.4 Å². The van der Waals surface area contributed by atoms with E-state index < -0.39 is 0 Å². The van der Waals surface area contributed by atoms with Gasteiger partial charge in [0.1, 0.15) is 0 Å². The molecule has 0 aliphatic carbocycles. The number of nitrogens with zero attached hydrogens (tertiary/aromatic N) is 1. The number of nitrogens with one attached hydrogen (secondary N) is 2. The van der Waals surface area contributed by atoms with Crippen LogP contribution in [0.1, 0.15) is 34.3 Å². The SMILES string of the molecule is Cc1ccccc1NC(=O)CNc1cccc(C)c1C(=O)N1CCCC1. The molecule has 0 radical (unpaired) electrons. The maximum absolute atomic E-state index is 12.9. The second-order valence-electron chi connectivity index (χ2n) is 6.71. The van der Waals surface area contributed by atoms with Crippen molar-refractivity contribution in [3.05, 3.63) is 59.2 Å². The van der Waals surface area contributed by atoms with Crippen LogP contribution in [0.2, 0.25) is 0 Å². The van der Waals surface area contributed by atoms with E-state index in [1.54, 1.807) is 0 Å². The monoisotopic (exact) mass is 351 g/mol. The summed E-state index contributed by atoms with van der Waals surface area (Å²) in [6, 6.07) is 13.4. The molecular weight excluding hydrogens is 326 g/mol. The first-order valence-electron chi connectivity index (χ1n) is 9.04. The van der Waals surface area contributed by atoms with Gasteiger partial charge in [-0.25, -0.2) is 0 Å². The molecule has 1 aliphatic rings. The highest BCUT2D eigenvalue weighted by atomic mass is 16.2. The minimum Gasteiger partial charge on any atom is -0.375 e. The van der Waals surface area contributed by atoms with Gasteiger partial charge in [0.2, 0.25) is 5.91 Å². The number of anilines is 2. The molecule has 2 amide bonds. The molecule has 1 saturated heterocycles. The Kier molecular flexibility index (Phi) is 5.56. The molecule has 2 N–H and O–H groups in total. The summed E-state index contributed by atoms with van der Waals surface area (Å²) in [4.78, 5) is 27.0. The topological polar surface area (TPSA) is 61.4 Å². The lowest BCUT2D eigenvalue weighted by molar-refractivity contribution is -0.114. The quantitative estimate of drug-likeness (QED) is 0.865. The summed E-state index contributed by atoms with van der Waals surface area (Å²) < 4.78 is 0. The van der Waals surface area contributed by atoms with Crippen molar-refractivity contribution in [1.82, 2.24) is 4.90 Å². The molecule has 0 saturated carbocycles. The minimum absolute atomic E-state index is 0.0439. The predicted octanol–water partition coefficient (Wildman–Crippen LogP) is 3.59. The molecule has 136 valence electrons. The van der Waals surface area contributed by atoms with Crippen molar-refractivity contribution in [2.24, 2.45) is 0 Å². The normalized spacial score (nSPS) is 13.5. The Labute approximate surface area is 154 Å². The van der Waals surface area contributed by atoms with Crippen molar-refractivity contribution in [2.45, 2.75) is 26.7 Å². The summed E-state index contributed by atoms with van der Waals surface area (Å²) in [7, 11) is 0. The molecule has 3 rings (SSSR count). The number of hydrogen-bond donors (Lipinski definition) is 2. The van der Waals surface area contributed by atoms with Gasteiger partial charge >= 0.3 is 0 Å². The van der Waals surface area contributed by atoms with Gasteiger partial charge in [0, 0.05) is 24.5 Å². The molecule has 0 aromatic heterocycles. The average molecular weight is 351 g/mol. The van der Waals surface area contributed by atoms with Crippen LogP contribution in [-0.2, 0) is 4.79 Å². The molecule has 1 aliphatic heterocycles. The van der Waals surface area contributed by atoms with Crippen LogP contribution in [0.3, 0.4) is 0 Å². The van der Waals surface area contributed by atoms with Crippen LogP contribution in [0.5, 0.6) is 0 Å². The minimum atomic E-state index is -0.139. The van der Waals surface area contributed by atoms with Crippen molar-refractivity contribution in [2.75, 3.05) is 30.3 Å². The maximum atomic E-state index is 12.9. The lowest BCUT2D eigenvalue weighted by atomic mass is 10.0. The Bertz CT molecular complexity index is 811. The Morgan fingerprint density at radius 2 is 1.58 bits per heavy atom. The van der Waals surface area contributed by atoms with E-state index in [9.17, 15) is 9.59 Å². The second kappa shape index (κ2) is 8.04. The van der Waals surface area contributed by atoms with Gasteiger partial charge in [-0.15, -0.1) is 0 Å². The summed E-state index contributed by atoms with van der Waals surface area (Å²) in [5.74, 6) is -0.0946. The van der Waals surface area contributed by atoms with Crippen LogP contribution in [0.15, 0.2) is 42.5 Å². The van der Waals surface area contributed by atoms with Gasteiger partial charge in [-0.05, 0) is 49.9 Å². The molecule has 1 fully saturated rings. The smallest absolute Gasteiger partial charge is 0.256 e. The molecule has 2 aromatic carbocycles. The molecule has 1 heterocycles. The number of carbonyl (C=O) groups is 2. The molecule has 5 nitrogen and oxygen atoms in total. The Balaban J connectivity index is 1.70. The molecule has 26 heavy (non-hydrogen) atoms. The van der Waals surface area contributed by atoms with Gasteiger partial charge in [-0.2, -0.15) is 0 Å². The molecule has 5 heteroatoms. The number of hydrogen-bond acceptors (Lipinski definition) is 3. The van der Waals surface area contributed by atoms with Crippen LogP contribution in [0, 0.1) is 13.8 Å². The third-order valence-electron chi connectivity index (χ3n) is 4.74.